The maximum absolute atomic E-state index is 14.5. The highest BCUT2D eigenvalue weighted by Crippen LogP contribution is 2.40. The average molecular weight is 597 g/mol. The number of allylic oxidation sites excluding steroid dienone is 1. The molecular formula is C28H25ClF4N2O4S. The van der Waals surface area contributed by atoms with E-state index < -0.39 is 44.6 Å². The summed E-state index contributed by atoms with van der Waals surface area (Å²) in [6, 6.07) is 11.7. The Hall–Kier alpha value is -3.57. The number of ether oxygens (including phenoxy) is 1. The fourth-order valence-corrected chi connectivity index (χ4v) is 6.28. The second kappa shape index (κ2) is 11.1. The average Bonchev–Trinajstić information content (AvgIpc) is 2.87. The van der Waals surface area contributed by atoms with E-state index in [1.807, 2.05) is 0 Å². The van der Waals surface area contributed by atoms with E-state index in [1.165, 1.54) is 37.3 Å². The Morgan fingerprint density at radius 2 is 1.82 bits per heavy atom. The quantitative estimate of drug-likeness (QED) is 0.259. The lowest BCUT2D eigenvalue weighted by molar-refractivity contribution is -0.137. The molecule has 0 aromatic heterocycles. The van der Waals surface area contributed by atoms with Gasteiger partial charge in [0.05, 0.1) is 33.8 Å². The van der Waals surface area contributed by atoms with Crippen molar-refractivity contribution in [1.82, 2.24) is 5.32 Å². The number of hydrogen-bond acceptors (Lipinski definition) is 4. The third-order valence-corrected chi connectivity index (χ3v) is 8.44. The number of alkyl halides is 3. The molecule has 0 saturated heterocycles. The zero-order valence-corrected chi connectivity index (χ0v) is 23.2. The highest BCUT2D eigenvalue weighted by molar-refractivity contribution is 7.92. The molecule has 0 fully saturated rings. The Kier molecular flexibility index (Phi) is 8.18. The van der Waals surface area contributed by atoms with Crippen molar-refractivity contribution >= 4 is 44.9 Å². The molecule has 0 radical (unpaired) electrons. The first-order valence-electron chi connectivity index (χ1n) is 12.1. The standard InChI is InChI=1S/C28H25ClF4N2O4S/c1-16(27-22(29)8-5-9-23(27)30)12-19-10-11-25-24(13-19)35(15-26(39-25)17(2)34-18(3)36)40(37,38)21-7-4-6-20(14-21)28(31,32)33/h4-14,17,26H,15H2,1-3H3,(H,34,36)/b16-12+/t17-,26-/m1/s1. The van der Waals surface area contributed by atoms with E-state index in [-0.39, 0.29) is 34.5 Å². The van der Waals surface area contributed by atoms with Crippen LogP contribution in [0.25, 0.3) is 11.6 Å². The first-order valence-corrected chi connectivity index (χ1v) is 13.9. The monoisotopic (exact) mass is 596 g/mol. The molecule has 0 aliphatic carbocycles. The van der Waals surface area contributed by atoms with Crippen molar-refractivity contribution in [2.75, 3.05) is 10.8 Å². The molecule has 0 spiro atoms. The van der Waals surface area contributed by atoms with Crippen LogP contribution in [0.15, 0.2) is 65.6 Å². The minimum absolute atomic E-state index is 0.0740. The third kappa shape index (κ3) is 6.10. The minimum atomic E-state index is -4.75. The number of anilines is 1. The maximum Gasteiger partial charge on any atom is 0.416 e. The molecule has 12 heteroatoms. The van der Waals surface area contributed by atoms with Crippen LogP contribution in [0.5, 0.6) is 5.75 Å². The van der Waals surface area contributed by atoms with Gasteiger partial charge >= 0.3 is 6.18 Å². The van der Waals surface area contributed by atoms with E-state index in [4.69, 9.17) is 16.3 Å². The maximum atomic E-state index is 14.5. The van der Waals surface area contributed by atoms with Crippen LogP contribution >= 0.6 is 11.6 Å². The van der Waals surface area contributed by atoms with E-state index >= 15 is 0 Å². The lowest BCUT2D eigenvalue weighted by atomic mass is 10.0. The summed E-state index contributed by atoms with van der Waals surface area (Å²) in [5.74, 6) is -0.759. The lowest BCUT2D eigenvalue weighted by Gasteiger charge is -2.38. The van der Waals surface area contributed by atoms with Gasteiger partial charge in [0.15, 0.2) is 0 Å². The first kappa shape index (κ1) is 29.4. The Morgan fingerprint density at radius 3 is 2.48 bits per heavy atom. The van der Waals surface area contributed by atoms with Gasteiger partial charge in [-0.15, -0.1) is 0 Å². The van der Waals surface area contributed by atoms with Gasteiger partial charge in [-0.05, 0) is 67.4 Å². The van der Waals surface area contributed by atoms with Crippen molar-refractivity contribution in [2.45, 2.75) is 44.0 Å². The molecule has 40 heavy (non-hydrogen) atoms. The van der Waals surface area contributed by atoms with Gasteiger partial charge < -0.3 is 10.1 Å². The summed E-state index contributed by atoms with van der Waals surface area (Å²) in [5.41, 5.74) is 0.0703. The van der Waals surface area contributed by atoms with Crippen molar-refractivity contribution in [3.63, 3.8) is 0 Å². The number of hydrogen-bond donors (Lipinski definition) is 1. The second-order valence-electron chi connectivity index (χ2n) is 9.36. The summed E-state index contributed by atoms with van der Waals surface area (Å²) in [4.78, 5) is 11.1. The van der Waals surface area contributed by atoms with Gasteiger partial charge in [0.25, 0.3) is 10.0 Å². The number of sulfonamides is 1. The minimum Gasteiger partial charge on any atom is -0.484 e. The van der Waals surface area contributed by atoms with Gasteiger partial charge in [-0.3, -0.25) is 9.10 Å². The SMILES string of the molecule is CC(=O)N[C@H](C)[C@H]1CN(S(=O)(=O)c2cccc(C(F)(F)F)c2)c2cc(/C=C(\C)c3c(F)cccc3Cl)ccc2O1. The van der Waals surface area contributed by atoms with Crippen molar-refractivity contribution in [3.05, 3.63) is 88.2 Å². The molecule has 1 heterocycles. The van der Waals surface area contributed by atoms with Crippen LogP contribution in [0.2, 0.25) is 5.02 Å². The highest BCUT2D eigenvalue weighted by atomic mass is 35.5. The Balaban J connectivity index is 1.83. The molecule has 0 unspecified atom stereocenters. The van der Waals surface area contributed by atoms with Crippen LogP contribution in [0.1, 0.15) is 37.5 Å². The van der Waals surface area contributed by atoms with Gasteiger partial charge in [-0.1, -0.05) is 35.9 Å². The van der Waals surface area contributed by atoms with Crippen molar-refractivity contribution in [1.29, 1.82) is 0 Å². The van der Waals surface area contributed by atoms with Gasteiger partial charge in [-0.25, -0.2) is 12.8 Å². The van der Waals surface area contributed by atoms with Gasteiger partial charge in [0.1, 0.15) is 17.7 Å². The number of benzene rings is 3. The lowest BCUT2D eigenvalue weighted by Crippen LogP contribution is -2.52. The summed E-state index contributed by atoms with van der Waals surface area (Å²) in [5, 5.41) is 2.85. The Bertz CT molecular complexity index is 1570. The normalized spacial score (nSPS) is 16.6. The van der Waals surface area contributed by atoms with Crippen molar-refractivity contribution < 1.29 is 35.5 Å². The van der Waals surface area contributed by atoms with Crippen molar-refractivity contribution in [2.24, 2.45) is 0 Å². The molecule has 3 aromatic carbocycles. The summed E-state index contributed by atoms with van der Waals surface area (Å²) in [6.45, 7) is 4.28. The van der Waals surface area contributed by atoms with E-state index in [2.05, 4.69) is 5.32 Å². The van der Waals surface area contributed by atoms with Crippen LogP contribution in [0, 0.1) is 5.82 Å². The van der Waals surface area contributed by atoms with Crippen LogP contribution < -0.4 is 14.4 Å². The molecule has 2 atom stereocenters. The van der Waals surface area contributed by atoms with Crippen LogP contribution in [-0.2, 0) is 21.0 Å². The number of rotatable bonds is 6. The van der Waals surface area contributed by atoms with Crippen LogP contribution in [0.3, 0.4) is 0 Å². The number of halogens is 5. The van der Waals surface area contributed by atoms with Crippen molar-refractivity contribution in [3.8, 4) is 5.75 Å². The summed E-state index contributed by atoms with van der Waals surface area (Å²) >= 11 is 6.18. The largest absolute Gasteiger partial charge is 0.484 e. The molecule has 3 aromatic rings. The molecule has 1 N–H and O–H groups in total. The first-order chi connectivity index (χ1) is 18.7. The molecule has 0 saturated carbocycles. The smallest absolute Gasteiger partial charge is 0.416 e. The molecule has 212 valence electrons. The molecule has 4 rings (SSSR count). The molecule has 0 bridgehead atoms. The summed E-state index contributed by atoms with van der Waals surface area (Å²) in [6.07, 6.45) is -4.00. The fraction of sp³-hybridized carbons (Fsp3) is 0.250. The molecular weight excluding hydrogens is 572 g/mol. The van der Waals surface area contributed by atoms with Gasteiger partial charge in [0, 0.05) is 12.5 Å². The van der Waals surface area contributed by atoms with Gasteiger partial charge in [-0.2, -0.15) is 13.2 Å². The van der Waals surface area contributed by atoms with Crippen LogP contribution in [0.4, 0.5) is 23.2 Å². The number of carbonyl (C=O) groups is 1. The third-order valence-electron chi connectivity index (χ3n) is 6.35. The number of carbonyl (C=O) groups excluding carboxylic acids is 1. The van der Waals surface area contributed by atoms with Crippen LogP contribution in [-0.4, -0.2) is 33.0 Å². The molecule has 1 aliphatic rings. The zero-order chi connectivity index (χ0) is 29.4. The topological polar surface area (TPSA) is 75.7 Å². The van der Waals surface area contributed by atoms with E-state index in [9.17, 15) is 30.8 Å². The predicted octanol–water partition coefficient (Wildman–Crippen LogP) is 6.54. The molecule has 1 amide bonds. The zero-order valence-electron chi connectivity index (χ0n) is 21.6. The number of amides is 1. The summed E-state index contributed by atoms with van der Waals surface area (Å²) in [7, 11) is -4.53. The van der Waals surface area contributed by atoms with E-state index in [0.717, 1.165) is 22.5 Å². The molecule has 1 aliphatic heterocycles. The Labute approximate surface area is 234 Å². The Morgan fingerprint density at radius 1 is 1.12 bits per heavy atom. The highest BCUT2D eigenvalue weighted by Gasteiger charge is 2.38. The van der Waals surface area contributed by atoms with E-state index in [0.29, 0.717) is 17.2 Å². The predicted molar refractivity (Wildman–Crippen MR) is 145 cm³/mol. The number of fused-ring (bicyclic) bond motifs is 1. The second-order valence-corrected chi connectivity index (χ2v) is 11.6. The van der Waals surface area contributed by atoms with Gasteiger partial charge in [0.2, 0.25) is 5.91 Å². The fourth-order valence-electron chi connectivity index (χ4n) is 4.44. The number of nitrogens with zero attached hydrogens (tertiary/aromatic N) is 1. The van der Waals surface area contributed by atoms with E-state index in [1.54, 1.807) is 26.0 Å². The summed E-state index contributed by atoms with van der Waals surface area (Å²) < 4.78 is 89.2. The molecule has 6 nitrogen and oxygen atoms in total. The number of nitrogens with one attached hydrogen (secondary N) is 1.